The van der Waals surface area contributed by atoms with Gasteiger partial charge in [0.05, 0.1) is 0 Å². The number of unbranched alkanes of at least 4 members (excludes halogenated alkanes) is 7. The van der Waals surface area contributed by atoms with Crippen molar-refractivity contribution in [1.82, 2.24) is 0 Å². The minimum absolute atomic E-state index is 0.144. The molecular weight excluding hydrogens is 417 g/mol. The van der Waals surface area contributed by atoms with Crippen LogP contribution in [0.25, 0.3) is 0 Å². The molecule has 2 aliphatic rings. The maximum absolute atomic E-state index is 13.6. The molecule has 0 unspecified atom stereocenters. The first-order valence-electron chi connectivity index (χ1n) is 13.9. The molecule has 0 N–H and O–H groups in total. The monoisotopic (exact) mass is 462 g/mol. The van der Waals surface area contributed by atoms with Gasteiger partial charge in [0.2, 0.25) is 0 Å². The summed E-state index contributed by atoms with van der Waals surface area (Å²) in [5.74, 6) is -1.09. The van der Waals surface area contributed by atoms with Crippen LogP contribution in [0.2, 0.25) is 0 Å². The molecule has 3 heteroatoms. The Morgan fingerprint density at radius 3 is 1.70 bits per heavy atom. The van der Waals surface area contributed by atoms with Crippen LogP contribution in [0.3, 0.4) is 0 Å². The van der Waals surface area contributed by atoms with Gasteiger partial charge in [0.15, 0.2) is 17.5 Å². The minimum atomic E-state index is -1.36. The molecular formula is C30H45F3. The van der Waals surface area contributed by atoms with Gasteiger partial charge >= 0.3 is 0 Å². The van der Waals surface area contributed by atoms with Crippen LogP contribution in [-0.4, -0.2) is 0 Å². The van der Waals surface area contributed by atoms with E-state index in [1.807, 2.05) is 0 Å². The zero-order chi connectivity index (χ0) is 23.5. The first-order chi connectivity index (χ1) is 16.1. The first kappa shape index (κ1) is 26.4. The molecule has 3 rings (SSSR count). The van der Waals surface area contributed by atoms with Crippen LogP contribution in [0.5, 0.6) is 0 Å². The largest absolute Gasteiger partial charge is 0.204 e. The lowest BCUT2D eigenvalue weighted by atomic mass is 9.76. The third kappa shape index (κ3) is 8.80. The van der Waals surface area contributed by atoms with Gasteiger partial charge < -0.3 is 0 Å². The standard InChI is InChI=1S/C30H45F3/c1-2-3-4-5-6-7-8-9-10-23-11-13-24(14-12-23)15-16-25-17-19-26(20-18-25)27-21-28(31)30(33)29(32)22-27/h15-16,21-26H,2-14,17-20H2,1H3/t23-,24-,25-,26-. The summed E-state index contributed by atoms with van der Waals surface area (Å²) in [6, 6.07) is 2.37. The lowest BCUT2D eigenvalue weighted by molar-refractivity contribution is 0.287. The topological polar surface area (TPSA) is 0 Å². The number of hydrogen-bond donors (Lipinski definition) is 0. The van der Waals surface area contributed by atoms with Crippen LogP contribution in [0.1, 0.15) is 128 Å². The van der Waals surface area contributed by atoms with E-state index in [-0.39, 0.29) is 5.92 Å². The number of halogens is 3. The quantitative estimate of drug-likeness (QED) is 0.165. The average Bonchev–Trinajstić information content (AvgIpc) is 2.83. The molecule has 186 valence electrons. The highest BCUT2D eigenvalue weighted by molar-refractivity contribution is 5.23. The Bertz CT molecular complexity index is 686. The van der Waals surface area contributed by atoms with Gasteiger partial charge in [0.25, 0.3) is 0 Å². The molecule has 0 aromatic heterocycles. The van der Waals surface area contributed by atoms with Crippen molar-refractivity contribution in [2.45, 2.75) is 122 Å². The highest BCUT2D eigenvalue weighted by Gasteiger charge is 2.24. The SMILES string of the molecule is CCCCCCCCCC[C@H]1CC[C@H](C=C[C@H]2CC[C@H](c3cc(F)c(F)c(F)c3)CC2)CC1. The second-order valence-corrected chi connectivity index (χ2v) is 10.8. The summed E-state index contributed by atoms with van der Waals surface area (Å²) in [6.07, 6.45) is 27.0. The fourth-order valence-electron chi connectivity index (χ4n) is 6.01. The van der Waals surface area contributed by atoms with Crippen molar-refractivity contribution in [2.24, 2.45) is 17.8 Å². The Morgan fingerprint density at radius 1 is 0.667 bits per heavy atom. The molecule has 2 fully saturated rings. The molecule has 2 aliphatic carbocycles. The summed E-state index contributed by atoms with van der Waals surface area (Å²) in [7, 11) is 0. The van der Waals surface area contributed by atoms with E-state index >= 15 is 0 Å². The minimum Gasteiger partial charge on any atom is -0.204 e. The normalized spacial score (nSPS) is 26.2. The van der Waals surface area contributed by atoms with Crippen LogP contribution in [0.4, 0.5) is 13.2 Å². The van der Waals surface area contributed by atoms with Crippen LogP contribution < -0.4 is 0 Å². The maximum Gasteiger partial charge on any atom is 0.194 e. The Hall–Kier alpha value is -1.25. The zero-order valence-corrected chi connectivity index (χ0v) is 20.8. The molecule has 0 saturated heterocycles. The third-order valence-corrected chi connectivity index (χ3v) is 8.26. The van der Waals surface area contributed by atoms with Crippen LogP contribution in [0, 0.1) is 35.2 Å². The van der Waals surface area contributed by atoms with Crippen molar-refractivity contribution in [3.63, 3.8) is 0 Å². The van der Waals surface area contributed by atoms with E-state index in [4.69, 9.17) is 0 Å². The van der Waals surface area contributed by atoms with Gasteiger partial charge in [0.1, 0.15) is 0 Å². The Balaban J connectivity index is 1.28. The van der Waals surface area contributed by atoms with E-state index in [1.165, 1.54) is 95.6 Å². The van der Waals surface area contributed by atoms with E-state index in [2.05, 4.69) is 19.1 Å². The number of hydrogen-bond acceptors (Lipinski definition) is 0. The Labute approximate surface area is 200 Å². The predicted molar refractivity (Wildman–Crippen MR) is 133 cm³/mol. The first-order valence-corrected chi connectivity index (χ1v) is 13.9. The van der Waals surface area contributed by atoms with Gasteiger partial charge in [-0.15, -0.1) is 0 Å². The van der Waals surface area contributed by atoms with Crippen molar-refractivity contribution < 1.29 is 13.2 Å². The third-order valence-electron chi connectivity index (χ3n) is 8.26. The molecule has 0 nitrogen and oxygen atoms in total. The van der Waals surface area contributed by atoms with Gasteiger partial charge in [-0.1, -0.05) is 76.9 Å². The zero-order valence-electron chi connectivity index (χ0n) is 20.8. The molecule has 2 saturated carbocycles. The van der Waals surface area contributed by atoms with E-state index in [9.17, 15) is 13.2 Å². The van der Waals surface area contributed by atoms with Crippen LogP contribution in [-0.2, 0) is 0 Å². The van der Waals surface area contributed by atoms with Gasteiger partial charge in [-0.25, -0.2) is 13.2 Å². The maximum atomic E-state index is 13.6. The highest BCUT2D eigenvalue weighted by Crippen LogP contribution is 2.38. The van der Waals surface area contributed by atoms with E-state index in [0.717, 1.165) is 37.5 Å². The fourth-order valence-corrected chi connectivity index (χ4v) is 6.01. The summed E-state index contributed by atoms with van der Waals surface area (Å²) in [6.45, 7) is 2.28. The summed E-state index contributed by atoms with van der Waals surface area (Å²) in [4.78, 5) is 0. The molecule has 1 aromatic rings. The summed E-state index contributed by atoms with van der Waals surface area (Å²) in [5, 5.41) is 0. The molecule has 1 aromatic carbocycles. The summed E-state index contributed by atoms with van der Waals surface area (Å²) in [5.41, 5.74) is 0.614. The van der Waals surface area contributed by atoms with Gasteiger partial charge in [0, 0.05) is 0 Å². The van der Waals surface area contributed by atoms with Gasteiger partial charge in [-0.3, -0.25) is 0 Å². The fraction of sp³-hybridized carbons (Fsp3) is 0.733. The molecule has 0 bridgehead atoms. The lowest BCUT2D eigenvalue weighted by Gasteiger charge is -2.29. The second-order valence-electron chi connectivity index (χ2n) is 10.8. The highest BCUT2D eigenvalue weighted by atomic mass is 19.2. The molecule has 0 amide bonds. The molecule has 0 atom stereocenters. The van der Waals surface area contributed by atoms with Crippen molar-refractivity contribution in [3.05, 3.63) is 47.3 Å². The van der Waals surface area contributed by atoms with Crippen LogP contribution in [0.15, 0.2) is 24.3 Å². The van der Waals surface area contributed by atoms with Crippen molar-refractivity contribution >= 4 is 0 Å². The van der Waals surface area contributed by atoms with E-state index in [1.54, 1.807) is 0 Å². The molecule has 0 heterocycles. The molecule has 0 radical (unpaired) electrons. The lowest BCUT2D eigenvalue weighted by Crippen LogP contribution is -2.15. The van der Waals surface area contributed by atoms with Crippen molar-refractivity contribution in [3.8, 4) is 0 Å². The van der Waals surface area contributed by atoms with E-state index in [0.29, 0.717) is 11.5 Å². The van der Waals surface area contributed by atoms with Crippen molar-refractivity contribution in [1.29, 1.82) is 0 Å². The average molecular weight is 463 g/mol. The predicted octanol–water partition coefficient (Wildman–Crippen LogP) is 10.3. The number of benzene rings is 1. The molecule has 0 aliphatic heterocycles. The van der Waals surface area contributed by atoms with E-state index < -0.39 is 17.5 Å². The smallest absolute Gasteiger partial charge is 0.194 e. The summed E-state index contributed by atoms with van der Waals surface area (Å²) >= 11 is 0. The Morgan fingerprint density at radius 2 is 1.15 bits per heavy atom. The second kappa shape index (κ2) is 14.2. The Kier molecular flexibility index (Phi) is 11.4. The number of rotatable bonds is 12. The van der Waals surface area contributed by atoms with Gasteiger partial charge in [-0.2, -0.15) is 0 Å². The molecule has 33 heavy (non-hydrogen) atoms. The van der Waals surface area contributed by atoms with Crippen molar-refractivity contribution in [2.75, 3.05) is 0 Å². The molecule has 0 spiro atoms. The van der Waals surface area contributed by atoms with Crippen LogP contribution >= 0.6 is 0 Å². The summed E-state index contributed by atoms with van der Waals surface area (Å²) < 4.78 is 40.3. The number of allylic oxidation sites excluding steroid dienone is 2. The van der Waals surface area contributed by atoms with Gasteiger partial charge in [-0.05, 0) is 92.7 Å².